The molecule has 0 fully saturated rings. The zero-order chi connectivity index (χ0) is 16.0. The minimum Gasteiger partial charge on any atom is -0.480 e. The fourth-order valence-corrected chi connectivity index (χ4v) is 2.93. The molecule has 0 aliphatic carbocycles. The third-order valence-corrected chi connectivity index (χ3v) is 4.09. The fraction of sp³-hybridized carbons (Fsp3) is 0.429. The number of carboxylic acid groups (broad SMARTS) is 1. The molecule has 0 bridgehead atoms. The highest BCUT2D eigenvalue weighted by molar-refractivity contribution is 7.85. The van der Waals surface area contributed by atoms with E-state index in [-0.39, 0.29) is 23.5 Å². The highest BCUT2D eigenvalue weighted by Gasteiger charge is 2.23. The molecule has 0 aromatic heterocycles. The van der Waals surface area contributed by atoms with Crippen molar-refractivity contribution in [2.45, 2.75) is 25.9 Å². The molecule has 21 heavy (non-hydrogen) atoms. The number of carbonyl (C=O) groups excluding carboxylic acids is 1. The lowest BCUT2D eigenvalue weighted by atomic mass is 10.2. The van der Waals surface area contributed by atoms with Crippen molar-refractivity contribution in [2.75, 3.05) is 16.4 Å². The molecule has 0 heterocycles. The van der Waals surface area contributed by atoms with Crippen LogP contribution in [0.15, 0.2) is 30.3 Å². The molecule has 3 N–H and O–H groups in total. The Morgan fingerprint density at radius 1 is 1.29 bits per heavy atom. The number of benzene rings is 1. The molecule has 0 aliphatic rings. The van der Waals surface area contributed by atoms with Crippen LogP contribution < -0.4 is 10.6 Å². The maximum Gasteiger partial charge on any atom is 0.321 e. The average Bonchev–Trinajstić information content (AvgIpc) is 2.39. The number of nitrogens with zero attached hydrogens (tertiary/aromatic N) is 1. The van der Waals surface area contributed by atoms with Gasteiger partial charge in [-0.1, -0.05) is 18.2 Å². The molecule has 1 aromatic rings. The van der Waals surface area contributed by atoms with Gasteiger partial charge in [-0.25, -0.2) is 0 Å². The van der Waals surface area contributed by atoms with Crippen LogP contribution in [0.2, 0.25) is 0 Å². The molecule has 1 unspecified atom stereocenters. The highest BCUT2D eigenvalue weighted by Crippen LogP contribution is 2.16. The zero-order valence-electron chi connectivity index (χ0n) is 12.1. The van der Waals surface area contributed by atoms with Crippen molar-refractivity contribution < 1.29 is 18.9 Å². The summed E-state index contributed by atoms with van der Waals surface area (Å²) in [4.78, 5) is 24.5. The molecule has 1 aromatic carbocycles. The lowest BCUT2D eigenvalue weighted by Gasteiger charge is -2.26. The minimum absolute atomic E-state index is 0.0925. The number of rotatable bonds is 7. The van der Waals surface area contributed by atoms with E-state index in [9.17, 15) is 13.8 Å². The van der Waals surface area contributed by atoms with Gasteiger partial charge in [0.25, 0.3) is 0 Å². The van der Waals surface area contributed by atoms with Gasteiger partial charge in [0.1, 0.15) is 11.8 Å². The number of hydrogen-bond donors (Lipinski definition) is 2. The van der Waals surface area contributed by atoms with Crippen LogP contribution in [0.4, 0.5) is 5.69 Å². The van der Waals surface area contributed by atoms with Gasteiger partial charge >= 0.3 is 5.97 Å². The van der Waals surface area contributed by atoms with Crippen LogP contribution in [0.1, 0.15) is 13.8 Å². The van der Waals surface area contributed by atoms with Crippen molar-refractivity contribution in [1.82, 2.24) is 0 Å². The third kappa shape index (κ3) is 5.28. The topological polar surface area (TPSA) is 101 Å². The number of carboxylic acids is 1. The SMILES string of the molecule is CC(C)N(C(=O)CS(=O)C[C@@H](N)C(=O)O)c1ccccc1. The van der Waals surface area contributed by atoms with Gasteiger partial charge in [-0.3, -0.25) is 13.8 Å². The normalized spacial score (nSPS) is 13.7. The molecule has 2 atom stereocenters. The Bertz CT molecular complexity index is 519. The number of anilines is 1. The Labute approximate surface area is 126 Å². The van der Waals surface area contributed by atoms with Gasteiger partial charge in [0.15, 0.2) is 0 Å². The molecular weight excluding hydrogens is 292 g/mol. The van der Waals surface area contributed by atoms with Crippen LogP contribution in [-0.2, 0) is 20.4 Å². The summed E-state index contributed by atoms with van der Waals surface area (Å²) >= 11 is 0. The van der Waals surface area contributed by atoms with Gasteiger partial charge in [-0.2, -0.15) is 0 Å². The van der Waals surface area contributed by atoms with E-state index in [1.807, 2.05) is 32.0 Å². The number of hydrogen-bond acceptors (Lipinski definition) is 4. The molecule has 116 valence electrons. The van der Waals surface area contributed by atoms with Gasteiger partial charge in [0.2, 0.25) is 5.91 Å². The van der Waals surface area contributed by atoms with E-state index in [1.165, 1.54) is 0 Å². The maximum absolute atomic E-state index is 12.3. The average molecular weight is 312 g/mol. The van der Waals surface area contributed by atoms with Gasteiger partial charge in [0.05, 0.1) is 0 Å². The Balaban J connectivity index is 2.75. The van der Waals surface area contributed by atoms with Crippen LogP contribution >= 0.6 is 0 Å². The largest absolute Gasteiger partial charge is 0.480 e. The molecule has 0 radical (unpaired) electrons. The first-order valence-corrected chi connectivity index (χ1v) is 8.02. The summed E-state index contributed by atoms with van der Waals surface area (Å²) in [6.45, 7) is 3.72. The number of para-hydroxylation sites is 1. The predicted octanol–water partition coefficient (Wildman–Crippen LogP) is 0.589. The number of nitrogens with two attached hydrogens (primary N) is 1. The van der Waals surface area contributed by atoms with E-state index in [0.717, 1.165) is 5.69 Å². The summed E-state index contributed by atoms with van der Waals surface area (Å²) in [6.07, 6.45) is 0. The van der Waals surface area contributed by atoms with Crippen LogP contribution in [0.3, 0.4) is 0 Å². The van der Waals surface area contributed by atoms with Crippen molar-refractivity contribution in [1.29, 1.82) is 0 Å². The van der Waals surface area contributed by atoms with E-state index < -0.39 is 22.8 Å². The molecule has 6 nitrogen and oxygen atoms in total. The molecule has 1 amide bonds. The number of amides is 1. The monoisotopic (exact) mass is 312 g/mol. The van der Waals surface area contributed by atoms with Crippen LogP contribution in [-0.4, -0.2) is 44.8 Å². The summed E-state index contributed by atoms with van der Waals surface area (Å²) in [5.74, 6) is -2.01. The molecular formula is C14H20N2O4S. The van der Waals surface area contributed by atoms with Crippen molar-refractivity contribution in [3.8, 4) is 0 Å². The van der Waals surface area contributed by atoms with E-state index in [0.29, 0.717) is 0 Å². The lowest BCUT2D eigenvalue weighted by Crippen LogP contribution is -2.42. The Morgan fingerprint density at radius 3 is 2.33 bits per heavy atom. The van der Waals surface area contributed by atoms with E-state index >= 15 is 0 Å². The predicted molar refractivity (Wildman–Crippen MR) is 82.6 cm³/mol. The molecule has 7 heteroatoms. The van der Waals surface area contributed by atoms with Crippen molar-refractivity contribution >= 4 is 28.4 Å². The summed E-state index contributed by atoms with van der Waals surface area (Å²) < 4.78 is 11.8. The third-order valence-electron chi connectivity index (χ3n) is 2.79. The van der Waals surface area contributed by atoms with E-state index in [1.54, 1.807) is 17.0 Å². The Kier molecular flexibility index (Phi) is 6.51. The summed E-state index contributed by atoms with van der Waals surface area (Å²) in [5, 5.41) is 8.69. The van der Waals surface area contributed by atoms with Crippen molar-refractivity contribution in [3.05, 3.63) is 30.3 Å². The van der Waals surface area contributed by atoms with Gasteiger partial charge in [-0.15, -0.1) is 0 Å². The number of aliphatic carboxylic acids is 1. The van der Waals surface area contributed by atoms with Crippen molar-refractivity contribution in [3.63, 3.8) is 0 Å². The van der Waals surface area contributed by atoms with Crippen molar-refractivity contribution in [2.24, 2.45) is 5.73 Å². The maximum atomic E-state index is 12.3. The zero-order valence-corrected chi connectivity index (χ0v) is 12.9. The summed E-state index contributed by atoms with van der Waals surface area (Å²) in [7, 11) is -1.61. The second kappa shape index (κ2) is 7.90. The molecule has 0 saturated carbocycles. The second-order valence-electron chi connectivity index (χ2n) is 4.89. The summed E-state index contributed by atoms with van der Waals surface area (Å²) in [6, 6.07) is 7.75. The lowest BCUT2D eigenvalue weighted by molar-refractivity contribution is -0.138. The van der Waals surface area contributed by atoms with E-state index in [2.05, 4.69) is 0 Å². The quantitative estimate of drug-likeness (QED) is 0.767. The second-order valence-corrected chi connectivity index (χ2v) is 6.39. The summed E-state index contributed by atoms with van der Waals surface area (Å²) in [5.41, 5.74) is 6.04. The first kappa shape index (κ1) is 17.3. The fourth-order valence-electron chi connectivity index (χ4n) is 1.86. The van der Waals surface area contributed by atoms with Crippen LogP contribution in [0.25, 0.3) is 0 Å². The molecule has 0 aliphatic heterocycles. The standard InChI is InChI=1S/C14H20N2O4S/c1-10(2)16(11-6-4-3-5-7-11)13(17)9-21(20)8-12(15)14(18)19/h3-7,10,12H,8-9,15H2,1-2H3,(H,18,19)/t12-,21?/m1/s1. The van der Waals surface area contributed by atoms with Gasteiger partial charge < -0.3 is 15.7 Å². The molecule has 0 spiro atoms. The first-order valence-electron chi connectivity index (χ1n) is 6.53. The first-order chi connectivity index (χ1) is 9.82. The van der Waals surface area contributed by atoms with Crippen LogP contribution in [0, 0.1) is 0 Å². The molecule has 0 saturated heterocycles. The minimum atomic E-state index is -1.61. The highest BCUT2D eigenvalue weighted by atomic mass is 32.2. The number of carbonyl (C=O) groups is 2. The Morgan fingerprint density at radius 2 is 1.86 bits per heavy atom. The Hall–Kier alpha value is -1.73. The van der Waals surface area contributed by atoms with Gasteiger partial charge in [-0.05, 0) is 26.0 Å². The van der Waals surface area contributed by atoms with E-state index in [4.69, 9.17) is 10.8 Å². The van der Waals surface area contributed by atoms with Crippen LogP contribution in [0.5, 0.6) is 0 Å². The van der Waals surface area contributed by atoms with Gasteiger partial charge in [0, 0.05) is 28.3 Å². The molecule has 1 rings (SSSR count). The smallest absolute Gasteiger partial charge is 0.321 e.